The van der Waals surface area contributed by atoms with Gasteiger partial charge in [-0.05, 0) is 56.4 Å². The van der Waals surface area contributed by atoms with Crippen molar-refractivity contribution in [1.82, 2.24) is 9.88 Å². The number of hydrogen-bond acceptors (Lipinski definition) is 3. The van der Waals surface area contributed by atoms with Crippen LogP contribution in [0.25, 0.3) is 10.1 Å². The molecule has 1 saturated heterocycles. The van der Waals surface area contributed by atoms with Crippen LogP contribution in [0.15, 0.2) is 42.7 Å². The summed E-state index contributed by atoms with van der Waals surface area (Å²) in [5, 5.41) is 4.20. The molecule has 0 bridgehead atoms. The third kappa shape index (κ3) is 4.09. The van der Waals surface area contributed by atoms with Crippen molar-refractivity contribution in [3.05, 3.63) is 53.2 Å². The summed E-state index contributed by atoms with van der Waals surface area (Å²) in [7, 11) is 0. The molecule has 2 aromatic heterocycles. The molecule has 1 aromatic carbocycles. The van der Waals surface area contributed by atoms with Gasteiger partial charge in [0, 0.05) is 49.1 Å². The van der Waals surface area contributed by atoms with E-state index in [0.717, 1.165) is 34.8 Å². The van der Waals surface area contributed by atoms with Gasteiger partial charge in [-0.2, -0.15) is 0 Å². The highest BCUT2D eigenvalue weighted by molar-refractivity contribution is 7.20. The van der Waals surface area contributed by atoms with Gasteiger partial charge in [-0.1, -0.05) is 19.1 Å². The Morgan fingerprint density at radius 1 is 1.18 bits per heavy atom. The summed E-state index contributed by atoms with van der Waals surface area (Å²) in [6.07, 6.45) is 6.79. The number of hydrogen-bond donors (Lipinski definition) is 1. The third-order valence-electron chi connectivity index (χ3n) is 5.70. The number of rotatable bonds is 5. The molecule has 0 atom stereocenters. The summed E-state index contributed by atoms with van der Waals surface area (Å²) in [5.74, 6) is 0.847. The van der Waals surface area contributed by atoms with Crippen molar-refractivity contribution in [3.8, 4) is 0 Å². The maximum Gasteiger partial charge on any atom is 0.261 e. The minimum absolute atomic E-state index is 0.00592. The topological polar surface area (TPSA) is 37.3 Å². The van der Waals surface area contributed by atoms with Crippen molar-refractivity contribution >= 4 is 33.0 Å². The number of thiophene rings is 1. The predicted molar refractivity (Wildman–Crippen MR) is 118 cm³/mol. The molecule has 1 amide bonds. The molecule has 4 rings (SSSR count). The molecule has 3 aromatic rings. The van der Waals surface area contributed by atoms with Gasteiger partial charge in [0.05, 0.1) is 9.58 Å². The number of piperidine rings is 1. The molecule has 0 saturated carbocycles. The first-order valence-corrected chi connectivity index (χ1v) is 11.0. The minimum Gasteiger partial charge on any atom is -0.372 e. The van der Waals surface area contributed by atoms with Crippen molar-refractivity contribution in [1.29, 1.82) is 0 Å². The zero-order valence-electron chi connectivity index (χ0n) is 16.9. The fourth-order valence-electron chi connectivity index (χ4n) is 3.73. The summed E-state index contributed by atoms with van der Waals surface area (Å²) in [6.45, 7) is 9.50. The molecule has 1 fully saturated rings. The molecule has 28 heavy (non-hydrogen) atoms. The Hall–Kier alpha value is -2.27. The molecule has 1 N–H and O–H groups in total. The van der Waals surface area contributed by atoms with E-state index < -0.39 is 0 Å². The highest BCUT2D eigenvalue weighted by Crippen LogP contribution is 2.28. The number of amides is 1. The number of benzene rings is 1. The van der Waals surface area contributed by atoms with Gasteiger partial charge in [-0.25, -0.2) is 0 Å². The first-order chi connectivity index (χ1) is 13.5. The average molecular weight is 396 g/mol. The van der Waals surface area contributed by atoms with Crippen molar-refractivity contribution in [3.63, 3.8) is 0 Å². The quantitative estimate of drug-likeness (QED) is 0.624. The van der Waals surface area contributed by atoms with Crippen molar-refractivity contribution in [2.45, 2.75) is 46.2 Å². The molecular formula is C23H29N3OS. The number of carbonyl (C=O) groups is 1. The van der Waals surface area contributed by atoms with E-state index in [1.807, 2.05) is 6.07 Å². The van der Waals surface area contributed by atoms with E-state index in [9.17, 15) is 4.79 Å². The maximum absolute atomic E-state index is 12.5. The number of nitrogens with zero attached hydrogens (tertiary/aromatic N) is 2. The Morgan fingerprint density at radius 3 is 2.54 bits per heavy atom. The Labute approximate surface area is 171 Å². The monoisotopic (exact) mass is 395 g/mol. The van der Waals surface area contributed by atoms with Crippen LogP contribution in [0.2, 0.25) is 0 Å². The molecule has 4 nitrogen and oxygen atoms in total. The zero-order valence-corrected chi connectivity index (χ0v) is 17.8. The first kappa shape index (κ1) is 19.1. The summed E-state index contributed by atoms with van der Waals surface area (Å²) in [5.41, 5.74) is 2.42. The van der Waals surface area contributed by atoms with Crippen LogP contribution in [0.1, 0.15) is 54.9 Å². The van der Waals surface area contributed by atoms with E-state index in [4.69, 9.17) is 0 Å². The van der Waals surface area contributed by atoms with Gasteiger partial charge in [0.1, 0.15) is 0 Å². The van der Waals surface area contributed by atoms with Crippen LogP contribution in [0.3, 0.4) is 0 Å². The molecule has 0 aliphatic carbocycles. The first-order valence-electron chi connectivity index (χ1n) is 10.2. The highest BCUT2D eigenvalue weighted by atomic mass is 32.1. The fourth-order valence-corrected chi connectivity index (χ4v) is 4.72. The van der Waals surface area contributed by atoms with E-state index in [0.29, 0.717) is 12.6 Å². The Balaban J connectivity index is 1.34. The largest absolute Gasteiger partial charge is 0.372 e. The Bertz CT molecular complexity index is 915. The van der Waals surface area contributed by atoms with Gasteiger partial charge in [-0.3, -0.25) is 4.79 Å². The number of aromatic nitrogens is 1. The lowest BCUT2D eigenvalue weighted by Crippen LogP contribution is -2.32. The van der Waals surface area contributed by atoms with Gasteiger partial charge < -0.3 is 14.8 Å². The maximum atomic E-state index is 12.5. The van der Waals surface area contributed by atoms with Crippen molar-refractivity contribution < 1.29 is 4.79 Å². The summed E-state index contributed by atoms with van der Waals surface area (Å²) in [4.78, 5) is 15.8. The Kier molecular flexibility index (Phi) is 5.44. The second-order valence-corrected chi connectivity index (χ2v) is 9.33. The molecule has 1 aliphatic rings. The van der Waals surface area contributed by atoms with E-state index in [2.05, 4.69) is 72.2 Å². The molecule has 148 valence electrons. The second-order valence-electron chi connectivity index (χ2n) is 8.25. The molecule has 5 heteroatoms. The normalized spacial score (nSPS) is 15.5. The van der Waals surface area contributed by atoms with Gasteiger partial charge in [0.25, 0.3) is 5.91 Å². The SMILES string of the molecule is CC1CCN(c2ccc(CNC(=O)c3cc4cn(C(C)C)cc4s3)cc2)CC1. The smallest absolute Gasteiger partial charge is 0.261 e. The fraction of sp³-hybridized carbons (Fsp3) is 0.435. The molecule has 0 unspecified atom stereocenters. The lowest BCUT2D eigenvalue weighted by molar-refractivity contribution is 0.0955. The molecule has 0 radical (unpaired) electrons. The van der Waals surface area contributed by atoms with Crippen LogP contribution in [-0.4, -0.2) is 23.6 Å². The number of nitrogens with one attached hydrogen (secondary N) is 1. The van der Waals surface area contributed by atoms with E-state index >= 15 is 0 Å². The number of anilines is 1. The Morgan fingerprint density at radius 2 is 1.89 bits per heavy atom. The second kappa shape index (κ2) is 8.00. The van der Waals surface area contributed by atoms with Crippen molar-refractivity contribution in [2.24, 2.45) is 5.92 Å². The van der Waals surface area contributed by atoms with Crippen LogP contribution in [-0.2, 0) is 6.54 Å². The van der Waals surface area contributed by atoms with E-state index in [-0.39, 0.29) is 5.91 Å². The van der Waals surface area contributed by atoms with Crippen LogP contribution in [0, 0.1) is 5.92 Å². The molecule has 1 aliphatic heterocycles. The van der Waals surface area contributed by atoms with Gasteiger partial charge in [0.2, 0.25) is 0 Å². The van der Waals surface area contributed by atoms with Crippen LogP contribution < -0.4 is 10.2 Å². The summed E-state index contributed by atoms with van der Waals surface area (Å²) >= 11 is 1.56. The zero-order chi connectivity index (χ0) is 19.7. The predicted octanol–water partition coefficient (Wildman–Crippen LogP) is 5.45. The van der Waals surface area contributed by atoms with Gasteiger partial charge in [0.15, 0.2) is 0 Å². The third-order valence-corrected chi connectivity index (χ3v) is 6.79. The molecular weight excluding hydrogens is 366 g/mol. The number of fused-ring (bicyclic) bond motifs is 1. The van der Waals surface area contributed by atoms with Crippen LogP contribution >= 0.6 is 11.3 Å². The summed E-state index contributed by atoms with van der Waals surface area (Å²) in [6, 6.07) is 11.1. The van der Waals surface area contributed by atoms with E-state index in [1.165, 1.54) is 23.2 Å². The molecule has 3 heterocycles. The van der Waals surface area contributed by atoms with Crippen molar-refractivity contribution in [2.75, 3.05) is 18.0 Å². The minimum atomic E-state index is 0.00592. The lowest BCUT2D eigenvalue weighted by atomic mass is 9.99. The van der Waals surface area contributed by atoms with E-state index in [1.54, 1.807) is 11.3 Å². The van der Waals surface area contributed by atoms with Crippen LogP contribution in [0.4, 0.5) is 5.69 Å². The molecule has 0 spiro atoms. The van der Waals surface area contributed by atoms with Crippen LogP contribution in [0.5, 0.6) is 0 Å². The van der Waals surface area contributed by atoms with Gasteiger partial charge >= 0.3 is 0 Å². The lowest BCUT2D eigenvalue weighted by Gasteiger charge is -2.32. The summed E-state index contributed by atoms with van der Waals surface area (Å²) < 4.78 is 3.35. The average Bonchev–Trinajstić information content (AvgIpc) is 3.27. The van der Waals surface area contributed by atoms with Gasteiger partial charge in [-0.15, -0.1) is 11.3 Å². The standard InChI is InChI=1S/C23H29N3OS/c1-16(2)26-14-19-12-21(28-22(19)15-26)23(27)24-13-18-4-6-20(7-5-18)25-10-8-17(3)9-11-25/h4-7,12,14-17H,8-11,13H2,1-3H3,(H,24,27). The highest BCUT2D eigenvalue weighted by Gasteiger charge is 2.16. The number of carbonyl (C=O) groups excluding carboxylic acids is 1.